The third-order valence-electron chi connectivity index (χ3n) is 2.64. The molecule has 1 N–H and O–H groups in total. The van der Waals surface area contributed by atoms with Gasteiger partial charge in [0.25, 0.3) is 0 Å². The van der Waals surface area contributed by atoms with E-state index in [4.69, 9.17) is 9.52 Å². The van der Waals surface area contributed by atoms with Crippen LogP contribution in [0.25, 0.3) is 22.4 Å². The van der Waals surface area contributed by atoms with E-state index in [0.29, 0.717) is 11.5 Å². The molecule has 3 rings (SSSR count). The minimum atomic E-state index is -1.01. The van der Waals surface area contributed by atoms with Gasteiger partial charge in [-0.25, -0.2) is 9.78 Å². The summed E-state index contributed by atoms with van der Waals surface area (Å²) in [4.78, 5) is 15.8. The fraction of sp³-hybridized carbons (Fsp3) is 0.0769. The number of aryl methyl sites for hydroxylation is 1. The fourth-order valence-electron chi connectivity index (χ4n) is 1.82. The number of para-hydroxylation sites is 1. The molecule has 0 fully saturated rings. The summed E-state index contributed by atoms with van der Waals surface area (Å²) in [5.74, 6) is -0.400. The van der Waals surface area contributed by atoms with Gasteiger partial charge >= 0.3 is 5.97 Å². The van der Waals surface area contributed by atoms with Gasteiger partial charge in [0.1, 0.15) is 11.3 Å². The van der Waals surface area contributed by atoms with Gasteiger partial charge in [0, 0.05) is 10.3 Å². The first-order valence-electron chi connectivity index (χ1n) is 5.35. The van der Waals surface area contributed by atoms with Gasteiger partial charge in [-0.1, -0.05) is 18.2 Å². The summed E-state index contributed by atoms with van der Waals surface area (Å²) in [6, 6.07) is 9.52. The van der Waals surface area contributed by atoms with E-state index in [0.717, 1.165) is 27.2 Å². The number of carboxylic acids is 1. The Hall–Kier alpha value is -2.14. The second kappa shape index (κ2) is 3.96. The van der Waals surface area contributed by atoms with Gasteiger partial charge in [0.15, 0.2) is 5.76 Å². The molecule has 0 spiro atoms. The molecule has 1 aromatic carbocycles. The molecule has 0 saturated carbocycles. The number of benzene rings is 1. The van der Waals surface area contributed by atoms with Crippen molar-refractivity contribution in [3.63, 3.8) is 0 Å². The molecule has 0 aliphatic rings. The molecule has 0 atom stereocenters. The van der Waals surface area contributed by atoms with Crippen LogP contribution in [0.1, 0.15) is 14.7 Å². The Morgan fingerprint density at radius 3 is 2.83 bits per heavy atom. The van der Waals surface area contributed by atoms with Crippen molar-refractivity contribution in [3.05, 3.63) is 40.2 Å². The van der Waals surface area contributed by atoms with E-state index in [2.05, 4.69) is 4.98 Å². The predicted molar refractivity (Wildman–Crippen MR) is 69.0 cm³/mol. The van der Waals surface area contributed by atoms with Gasteiger partial charge in [-0.05, 0) is 19.1 Å². The molecule has 0 amide bonds. The molecule has 4 nitrogen and oxygen atoms in total. The summed E-state index contributed by atoms with van der Waals surface area (Å²) >= 11 is 1.16. The van der Waals surface area contributed by atoms with E-state index in [1.165, 1.54) is 0 Å². The summed E-state index contributed by atoms with van der Waals surface area (Å²) in [6.07, 6.45) is 0. The lowest BCUT2D eigenvalue weighted by Crippen LogP contribution is -1.93. The molecule has 2 aromatic heterocycles. The monoisotopic (exact) mass is 259 g/mol. The lowest BCUT2D eigenvalue weighted by molar-refractivity contribution is 0.0696. The Morgan fingerprint density at radius 1 is 1.39 bits per heavy atom. The molecule has 0 bridgehead atoms. The molecule has 18 heavy (non-hydrogen) atoms. The number of hydrogen-bond donors (Lipinski definition) is 1. The topological polar surface area (TPSA) is 63.3 Å². The van der Waals surface area contributed by atoms with Gasteiger partial charge in [-0.15, -0.1) is 11.3 Å². The zero-order chi connectivity index (χ0) is 12.7. The van der Waals surface area contributed by atoms with E-state index in [9.17, 15) is 4.79 Å². The number of carbonyl (C=O) groups is 1. The quantitative estimate of drug-likeness (QED) is 0.764. The first kappa shape index (κ1) is 11.0. The maximum Gasteiger partial charge on any atom is 0.365 e. The standard InChI is InChI=1S/C13H9NO3S/c1-7-11(14-12(18-7)13(15)16)10-6-8-4-2-3-5-9(8)17-10/h2-6H,1H3,(H,15,16). The molecule has 2 heterocycles. The van der Waals surface area contributed by atoms with Crippen molar-refractivity contribution in [2.75, 3.05) is 0 Å². The molecule has 5 heteroatoms. The van der Waals surface area contributed by atoms with E-state index in [-0.39, 0.29) is 5.01 Å². The zero-order valence-corrected chi connectivity index (χ0v) is 10.3. The average Bonchev–Trinajstić information content (AvgIpc) is 2.91. The summed E-state index contributed by atoms with van der Waals surface area (Å²) < 4.78 is 5.68. The summed E-state index contributed by atoms with van der Waals surface area (Å²) in [6.45, 7) is 1.84. The minimum absolute atomic E-state index is 0.0861. The van der Waals surface area contributed by atoms with Crippen molar-refractivity contribution in [1.29, 1.82) is 0 Å². The lowest BCUT2D eigenvalue weighted by Gasteiger charge is -1.90. The largest absolute Gasteiger partial charge is 0.476 e. The third-order valence-corrected chi connectivity index (χ3v) is 3.60. The van der Waals surface area contributed by atoms with Crippen molar-refractivity contribution < 1.29 is 14.3 Å². The summed E-state index contributed by atoms with van der Waals surface area (Å²) in [5, 5.41) is 10.00. The Balaban J connectivity index is 2.16. The highest BCUT2D eigenvalue weighted by atomic mass is 32.1. The summed E-state index contributed by atoms with van der Waals surface area (Å²) in [5.41, 5.74) is 1.38. The number of fused-ring (bicyclic) bond motifs is 1. The first-order chi connectivity index (χ1) is 8.65. The Morgan fingerprint density at radius 2 is 2.17 bits per heavy atom. The Bertz CT molecular complexity index is 709. The number of nitrogens with zero attached hydrogens (tertiary/aromatic N) is 1. The van der Waals surface area contributed by atoms with E-state index >= 15 is 0 Å². The van der Waals surface area contributed by atoms with Crippen LogP contribution in [0.15, 0.2) is 34.7 Å². The van der Waals surface area contributed by atoms with Gasteiger partial charge in [0.2, 0.25) is 5.01 Å². The van der Waals surface area contributed by atoms with Gasteiger partial charge in [-0.2, -0.15) is 0 Å². The third kappa shape index (κ3) is 1.69. The van der Waals surface area contributed by atoms with E-state index in [1.54, 1.807) is 0 Å². The normalized spacial score (nSPS) is 10.9. The van der Waals surface area contributed by atoms with Crippen LogP contribution in [-0.4, -0.2) is 16.1 Å². The van der Waals surface area contributed by atoms with Crippen LogP contribution in [0.4, 0.5) is 0 Å². The highest BCUT2D eigenvalue weighted by Gasteiger charge is 2.17. The molecule has 3 aromatic rings. The molecule has 0 aliphatic heterocycles. The van der Waals surface area contributed by atoms with Crippen LogP contribution in [0.3, 0.4) is 0 Å². The van der Waals surface area contributed by atoms with E-state index < -0.39 is 5.97 Å². The van der Waals surface area contributed by atoms with Crippen LogP contribution in [-0.2, 0) is 0 Å². The molecule has 0 radical (unpaired) electrons. The highest BCUT2D eigenvalue weighted by molar-refractivity contribution is 7.13. The number of furan rings is 1. The summed E-state index contributed by atoms with van der Waals surface area (Å²) in [7, 11) is 0. The van der Waals surface area contributed by atoms with Crippen LogP contribution in [0.2, 0.25) is 0 Å². The maximum absolute atomic E-state index is 10.9. The van der Waals surface area contributed by atoms with Crippen molar-refractivity contribution in [2.24, 2.45) is 0 Å². The van der Waals surface area contributed by atoms with Crippen LogP contribution in [0, 0.1) is 6.92 Å². The lowest BCUT2D eigenvalue weighted by atomic mass is 10.2. The molecular weight excluding hydrogens is 250 g/mol. The zero-order valence-electron chi connectivity index (χ0n) is 9.51. The highest BCUT2D eigenvalue weighted by Crippen LogP contribution is 2.31. The van der Waals surface area contributed by atoms with Gasteiger partial charge < -0.3 is 9.52 Å². The number of hydrogen-bond acceptors (Lipinski definition) is 4. The molecular formula is C13H9NO3S. The second-order valence-corrected chi connectivity index (χ2v) is 5.08. The fourth-order valence-corrected chi connectivity index (χ4v) is 2.57. The first-order valence-corrected chi connectivity index (χ1v) is 6.16. The van der Waals surface area contributed by atoms with Crippen molar-refractivity contribution in [1.82, 2.24) is 4.98 Å². The number of rotatable bonds is 2. The van der Waals surface area contributed by atoms with Crippen LogP contribution < -0.4 is 0 Å². The second-order valence-electron chi connectivity index (χ2n) is 3.88. The molecule has 0 unspecified atom stereocenters. The van der Waals surface area contributed by atoms with Crippen molar-refractivity contribution >= 4 is 28.3 Å². The predicted octanol–water partition coefficient (Wildman–Crippen LogP) is 3.56. The van der Waals surface area contributed by atoms with Gasteiger partial charge in [0.05, 0.1) is 0 Å². The Kier molecular flexibility index (Phi) is 2.41. The number of aromatic carboxylic acids is 1. The SMILES string of the molecule is Cc1sc(C(=O)O)nc1-c1cc2ccccc2o1. The van der Waals surface area contributed by atoms with Crippen molar-refractivity contribution in [3.8, 4) is 11.5 Å². The average molecular weight is 259 g/mol. The number of carboxylic acid groups (broad SMARTS) is 1. The smallest absolute Gasteiger partial charge is 0.365 e. The molecule has 0 saturated heterocycles. The Labute approximate surface area is 107 Å². The number of aromatic nitrogens is 1. The molecule has 90 valence electrons. The van der Waals surface area contributed by atoms with Crippen molar-refractivity contribution in [2.45, 2.75) is 6.92 Å². The van der Waals surface area contributed by atoms with Crippen LogP contribution in [0.5, 0.6) is 0 Å². The van der Waals surface area contributed by atoms with Gasteiger partial charge in [-0.3, -0.25) is 0 Å². The maximum atomic E-state index is 10.9. The van der Waals surface area contributed by atoms with E-state index in [1.807, 2.05) is 37.3 Å². The van der Waals surface area contributed by atoms with Crippen LogP contribution >= 0.6 is 11.3 Å². The molecule has 0 aliphatic carbocycles. The number of thiazole rings is 1. The minimum Gasteiger partial charge on any atom is -0.476 e.